The standard InChI is InChI=1S/C23H17F3N2O4S3/c1-31-13-7-6-10(8-14(13)32-2)15-16-18(34-19-17(15)35-22(33)27-19)21(30)28(20(16)29)12-5-3-4-11(9-12)23(24,25)26/h3-9,15-16,18H,1-2H3,(H,27,33)/t15-,16+,18+/m0/s1. The number of halogens is 3. The Bertz CT molecular complexity index is 1400. The topological polar surface area (TPSA) is 71.6 Å². The van der Waals surface area contributed by atoms with E-state index >= 15 is 0 Å². The monoisotopic (exact) mass is 538 g/mol. The first-order valence-electron chi connectivity index (χ1n) is 10.3. The zero-order chi connectivity index (χ0) is 25.1. The Labute approximate surface area is 211 Å². The van der Waals surface area contributed by atoms with E-state index in [9.17, 15) is 22.8 Å². The van der Waals surface area contributed by atoms with Gasteiger partial charge in [0, 0.05) is 10.8 Å². The lowest BCUT2D eigenvalue weighted by molar-refractivity contribution is -0.137. The van der Waals surface area contributed by atoms with Crippen LogP contribution in [0.1, 0.15) is 21.9 Å². The van der Waals surface area contributed by atoms with Gasteiger partial charge in [0.1, 0.15) is 5.25 Å². The molecule has 35 heavy (non-hydrogen) atoms. The highest BCUT2D eigenvalue weighted by atomic mass is 32.2. The first-order valence-corrected chi connectivity index (χ1v) is 12.4. The molecule has 6 nitrogen and oxygen atoms in total. The van der Waals surface area contributed by atoms with E-state index < -0.39 is 40.6 Å². The fourth-order valence-corrected chi connectivity index (χ4v) is 7.46. The van der Waals surface area contributed by atoms with Crippen molar-refractivity contribution in [2.45, 2.75) is 22.4 Å². The number of aromatic amines is 1. The van der Waals surface area contributed by atoms with E-state index in [2.05, 4.69) is 4.98 Å². The van der Waals surface area contributed by atoms with Crippen molar-refractivity contribution < 1.29 is 32.2 Å². The number of anilines is 1. The third-order valence-corrected chi connectivity index (χ3v) is 8.78. The molecule has 182 valence electrons. The molecule has 2 aliphatic heterocycles. The summed E-state index contributed by atoms with van der Waals surface area (Å²) in [7, 11) is 3.00. The molecule has 3 atom stereocenters. The number of nitrogens with zero attached hydrogens (tertiary/aromatic N) is 1. The number of ether oxygens (including phenoxy) is 2. The summed E-state index contributed by atoms with van der Waals surface area (Å²) in [5, 5.41) is -0.157. The quantitative estimate of drug-likeness (QED) is 0.343. The number of alkyl halides is 3. The van der Waals surface area contributed by atoms with Crippen molar-refractivity contribution in [2.75, 3.05) is 19.1 Å². The zero-order valence-electron chi connectivity index (χ0n) is 18.2. The van der Waals surface area contributed by atoms with Crippen molar-refractivity contribution in [3.63, 3.8) is 0 Å². The van der Waals surface area contributed by atoms with Crippen molar-refractivity contribution in [2.24, 2.45) is 5.92 Å². The second kappa shape index (κ2) is 8.68. The summed E-state index contributed by atoms with van der Waals surface area (Å²) in [6.07, 6.45) is -4.61. The lowest BCUT2D eigenvalue weighted by atomic mass is 9.83. The van der Waals surface area contributed by atoms with Gasteiger partial charge in [0.15, 0.2) is 15.5 Å². The van der Waals surface area contributed by atoms with Gasteiger partial charge in [-0.25, -0.2) is 4.90 Å². The van der Waals surface area contributed by atoms with Gasteiger partial charge in [0.2, 0.25) is 11.8 Å². The number of carbonyl (C=O) groups is 2. The summed E-state index contributed by atoms with van der Waals surface area (Å²) in [5.41, 5.74) is -0.332. The number of hydrogen-bond donors (Lipinski definition) is 1. The number of carbonyl (C=O) groups excluding carboxylic acids is 2. The van der Waals surface area contributed by atoms with Crippen molar-refractivity contribution in [1.29, 1.82) is 0 Å². The second-order valence-electron chi connectivity index (χ2n) is 7.92. The van der Waals surface area contributed by atoms with E-state index in [4.69, 9.17) is 21.7 Å². The molecule has 1 saturated heterocycles. The Balaban J connectivity index is 1.63. The molecule has 0 saturated carbocycles. The van der Waals surface area contributed by atoms with Gasteiger partial charge >= 0.3 is 6.18 Å². The summed E-state index contributed by atoms with van der Waals surface area (Å²) < 4.78 is 51.2. The molecule has 3 heterocycles. The van der Waals surface area contributed by atoms with Crippen LogP contribution < -0.4 is 14.4 Å². The Hall–Kier alpha value is -2.83. The number of thioether (sulfide) groups is 1. The molecule has 1 fully saturated rings. The minimum Gasteiger partial charge on any atom is -0.493 e. The Kier molecular flexibility index (Phi) is 5.93. The molecule has 1 N–H and O–H groups in total. The average molecular weight is 539 g/mol. The van der Waals surface area contributed by atoms with Crippen LogP contribution in [0.15, 0.2) is 47.5 Å². The number of fused-ring (bicyclic) bond motifs is 2. The van der Waals surface area contributed by atoms with E-state index in [0.717, 1.165) is 21.9 Å². The molecule has 2 aromatic carbocycles. The third kappa shape index (κ3) is 3.93. The summed E-state index contributed by atoms with van der Waals surface area (Å²) in [6.45, 7) is 0. The lowest BCUT2D eigenvalue weighted by Gasteiger charge is -2.30. The molecule has 2 aliphatic rings. The van der Waals surface area contributed by atoms with Crippen LogP contribution in [0.2, 0.25) is 0 Å². The van der Waals surface area contributed by atoms with Gasteiger partial charge < -0.3 is 14.5 Å². The van der Waals surface area contributed by atoms with Crippen molar-refractivity contribution >= 4 is 52.8 Å². The van der Waals surface area contributed by atoms with E-state index in [-0.39, 0.29) is 5.69 Å². The van der Waals surface area contributed by atoms with E-state index in [1.54, 1.807) is 18.2 Å². The van der Waals surface area contributed by atoms with Gasteiger partial charge in [-0.2, -0.15) is 13.2 Å². The zero-order valence-corrected chi connectivity index (χ0v) is 20.7. The Morgan fingerprint density at radius 2 is 1.77 bits per heavy atom. The number of aromatic nitrogens is 1. The number of thiazole rings is 1. The summed E-state index contributed by atoms with van der Waals surface area (Å²) in [4.78, 5) is 31.9. The molecule has 12 heteroatoms. The largest absolute Gasteiger partial charge is 0.493 e. The molecule has 0 radical (unpaired) electrons. The van der Waals surface area contributed by atoms with Gasteiger partial charge in [-0.15, -0.1) is 11.3 Å². The number of nitrogens with one attached hydrogen (secondary N) is 1. The molecule has 0 unspecified atom stereocenters. The predicted octanol–water partition coefficient (Wildman–Crippen LogP) is 5.64. The number of hydrogen-bond acceptors (Lipinski definition) is 7. The second-order valence-corrected chi connectivity index (χ2v) is 10.8. The van der Waals surface area contributed by atoms with Crippen LogP contribution >= 0.6 is 35.3 Å². The highest BCUT2D eigenvalue weighted by Gasteiger charge is 2.56. The first kappa shape index (κ1) is 23.9. The highest BCUT2D eigenvalue weighted by Crippen LogP contribution is 2.54. The molecule has 5 rings (SSSR count). The number of H-pyrrole nitrogens is 1. The maximum atomic E-state index is 13.7. The fourth-order valence-electron chi connectivity index (χ4n) is 4.50. The minimum atomic E-state index is -4.61. The number of imide groups is 1. The SMILES string of the molecule is COc1ccc([C@@H]2c3sc(=S)[nH]c3S[C@H]3C(=O)N(c4cccc(C(F)(F)F)c4)C(=O)[C@H]23)cc1OC. The molecule has 2 amide bonds. The van der Waals surface area contributed by atoms with E-state index in [1.165, 1.54) is 49.5 Å². The van der Waals surface area contributed by atoms with Gasteiger partial charge in [0.25, 0.3) is 0 Å². The van der Waals surface area contributed by atoms with Crippen LogP contribution in [0.5, 0.6) is 11.5 Å². The van der Waals surface area contributed by atoms with Gasteiger partial charge in [-0.1, -0.05) is 23.9 Å². The Morgan fingerprint density at radius 1 is 1.03 bits per heavy atom. The molecule has 0 spiro atoms. The molecule has 0 bridgehead atoms. The van der Waals surface area contributed by atoms with Gasteiger partial charge in [-0.3, -0.25) is 9.59 Å². The number of rotatable bonds is 4. The van der Waals surface area contributed by atoms with Crippen LogP contribution in [0.4, 0.5) is 18.9 Å². The minimum absolute atomic E-state index is 0.104. The summed E-state index contributed by atoms with van der Waals surface area (Å²) >= 11 is 7.82. The van der Waals surface area contributed by atoms with Crippen LogP contribution in [0.25, 0.3) is 0 Å². The molecule has 1 aromatic heterocycles. The highest BCUT2D eigenvalue weighted by molar-refractivity contribution is 8.01. The van der Waals surface area contributed by atoms with Crippen LogP contribution in [-0.4, -0.2) is 36.3 Å². The lowest BCUT2D eigenvalue weighted by Crippen LogP contribution is -2.32. The van der Waals surface area contributed by atoms with Crippen LogP contribution in [-0.2, 0) is 15.8 Å². The predicted molar refractivity (Wildman–Crippen MR) is 128 cm³/mol. The molecule has 3 aromatic rings. The Morgan fingerprint density at radius 3 is 2.46 bits per heavy atom. The average Bonchev–Trinajstić information content (AvgIpc) is 3.32. The summed E-state index contributed by atoms with van der Waals surface area (Å²) in [5.74, 6) is -1.57. The van der Waals surface area contributed by atoms with Crippen molar-refractivity contribution in [3.05, 3.63) is 62.4 Å². The van der Waals surface area contributed by atoms with E-state index in [0.29, 0.717) is 26.0 Å². The van der Waals surface area contributed by atoms with E-state index in [1.807, 2.05) is 0 Å². The first-order chi connectivity index (χ1) is 16.6. The normalized spacial score (nSPS) is 21.6. The van der Waals surface area contributed by atoms with Crippen LogP contribution in [0, 0.1) is 9.87 Å². The van der Waals surface area contributed by atoms with Crippen molar-refractivity contribution in [1.82, 2.24) is 4.98 Å². The fraction of sp³-hybridized carbons (Fsp3) is 0.261. The third-order valence-electron chi connectivity index (χ3n) is 6.02. The smallest absolute Gasteiger partial charge is 0.416 e. The number of benzene rings is 2. The number of methoxy groups -OCH3 is 2. The number of amides is 2. The van der Waals surface area contributed by atoms with Gasteiger partial charge in [0.05, 0.1) is 36.4 Å². The van der Waals surface area contributed by atoms with Crippen molar-refractivity contribution in [3.8, 4) is 11.5 Å². The maximum absolute atomic E-state index is 13.7. The molecule has 0 aliphatic carbocycles. The maximum Gasteiger partial charge on any atom is 0.416 e. The molecular weight excluding hydrogens is 521 g/mol. The van der Waals surface area contributed by atoms with Gasteiger partial charge in [-0.05, 0) is 48.1 Å². The molecular formula is C23H17F3N2O4S3. The van der Waals surface area contributed by atoms with Crippen LogP contribution in [0.3, 0.4) is 0 Å². The summed E-state index contributed by atoms with van der Waals surface area (Å²) in [6, 6.07) is 9.49.